The third kappa shape index (κ3) is 3.92. The lowest BCUT2D eigenvalue weighted by Gasteiger charge is -2.41. The number of hydrogen-bond donors (Lipinski definition) is 2. The van der Waals surface area contributed by atoms with Crippen LogP contribution in [0.3, 0.4) is 0 Å². The van der Waals surface area contributed by atoms with Gasteiger partial charge in [-0.1, -0.05) is 0 Å². The molecule has 0 radical (unpaired) electrons. The molecule has 2 N–H and O–H groups in total. The number of nitrogens with zero attached hydrogens (tertiary/aromatic N) is 1. The predicted octanol–water partition coefficient (Wildman–Crippen LogP) is 0.599. The Bertz CT molecular complexity index is 398. The lowest BCUT2D eigenvalue weighted by atomic mass is 9.85. The standard InChI is InChI=1S/C15H25N3O2S/c19-14-2-1-11-9-18(8-5-13(11)17-14)15(20)10-21-12-3-6-16-7-4-12/h11-13,16H,1-10H2,(H,17,19). The second kappa shape index (κ2) is 7.01. The number of carbonyl (C=O) groups excluding carboxylic acids is 2. The van der Waals surface area contributed by atoms with Gasteiger partial charge < -0.3 is 15.5 Å². The summed E-state index contributed by atoms with van der Waals surface area (Å²) in [6.45, 7) is 3.79. The van der Waals surface area contributed by atoms with Crippen LogP contribution in [0.2, 0.25) is 0 Å². The molecular formula is C15H25N3O2S. The molecule has 3 heterocycles. The van der Waals surface area contributed by atoms with Gasteiger partial charge in [0.25, 0.3) is 0 Å². The highest BCUT2D eigenvalue weighted by Gasteiger charge is 2.35. The average molecular weight is 311 g/mol. The molecule has 0 spiro atoms. The molecule has 3 saturated heterocycles. The molecule has 2 unspecified atom stereocenters. The first kappa shape index (κ1) is 15.2. The van der Waals surface area contributed by atoms with Crippen LogP contribution in [0.15, 0.2) is 0 Å². The minimum absolute atomic E-state index is 0.178. The number of fused-ring (bicyclic) bond motifs is 1. The first-order chi connectivity index (χ1) is 10.2. The van der Waals surface area contributed by atoms with Crippen molar-refractivity contribution in [3.8, 4) is 0 Å². The zero-order valence-corrected chi connectivity index (χ0v) is 13.3. The zero-order valence-electron chi connectivity index (χ0n) is 12.5. The SMILES string of the molecule is O=C1CCC2CN(C(=O)CSC3CCNCC3)CCC2N1. The quantitative estimate of drug-likeness (QED) is 0.801. The van der Waals surface area contributed by atoms with Gasteiger partial charge in [-0.25, -0.2) is 0 Å². The van der Waals surface area contributed by atoms with Gasteiger partial charge in [0.05, 0.1) is 5.75 Å². The predicted molar refractivity (Wildman–Crippen MR) is 84.2 cm³/mol. The van der Waals surface area contributed by atoms with Crippen LogP contribution in [0, 0.1) is 5.92 Å². The molecule has 0 aromatic carbocycles. The smallest absolute Gasteiger partial charge is 0.232 e. The molecule has 0 aromatic rings. The van der Waals surface area contributed by atoms with Crippen molar-refractivity contribution in [1.82, 2.24) is 15.5 Å². The number of rotatable bonds is 3. The molecule has 2 amide bonds. The number of carbonyl (C=O) groups is 2. The lowest BCUT2D eigenvalue weighted by Crippen LogP contribution is -2.55. The number of likely N-dealkylation sites (tertiary alicyclic amines) is 1. The van der Waals surface area contributed by atoms with E-state index in [1.807, 2.05) is 16.7 Å². The number of hydrogen-bond acceptors (Lipinski definition) is 4. The van der Waals surface area contributed by atoms with Crippen LogP contribution in [0.25, 0.3) is 0 Å². The van der Waals surface area contributed by atoms with E-state index in [1.165, 1.54) is 12.8 Å². The molecule has 6 heteroatoms. The number of piperidine rings is 3. The fourth-order valence-electron chi connectivity index (χ4n) is 3.58. The van der Waals surface area contributed by atoms with Gasteiger partial charge in [-0.3, -0.25) is 9.59 Å². The molecule has 3 aliphatic heterocycles. The molecule has 0 saturated carbocycles. The van der Waals surface area contributed by atoms with E-state index < -0.39 is 0 Å². The second-order valence-electron chi connectivity index (χ2n) is 6.36. The van der Waals surface area contributed by atoms with Crippen molar-refractivity contribution >= 4 is 23.6 Å². The van der Waals surface area contributed by atoms with E-state index in [-0.39, 0.29) is 11.8 Å². The number of amides is 2. The fourth-order valence-corrected chi connectivity index (χ4v) is 4.71. The third-order valence-electron chi connectivity index (χ3n) is 4.90. The van der Waals surface area contributed by atoms with E-state index >= 15 is 0 Å². The van der Waals surface area contributed by atoms with Crippen LogP contribution in [0.5, 0.6) is 0 Å². The van der Waals surface area contributed by atoms with Crippen LogP contribution in [0.4, 0.5) is 0 Å². The Morgan fingerprint density at radius 1 is 1.24 bits per heavy atom. The van der Waals surface area contributed by atoms with E-state index in [4.69, 9.17) is 0 Å². The molecule has 0 aliphatic carbocycles. The van der Waals surface area contributed by atoms with Gasteiger partial charge in [-0.15, -0.1) is 11.8 Å². The van der Waals surface area contributed by atoms with E-state index in [0.717, 1.165) is 39.0 Å². The Kier molecular flexibility index (Phi) is 5.06. The topological polar surface area (TPSA) is 61.4 Å². The molecule has 2 atom stereocenters. The Hall–Kier alpha value is -0.750. The summed E-state index contributed by atoms with van der Waals surface area (Å²) in [6, 6.07) is 0.298. The van der Waals surface area contributed by atoms with Crippen LogP contribution in [0.1, 0.15) is 32.1 Å². The first-order valence-electron chi connectivity index (χ1n) is 8.12. The van der Waals surface area contributed by atoms with Crippen LogP contribution in [-0.2, 0) is 9.59 Å². The Labute approximate surface area is 130 Å². The van der Waals surface area contributed by atoms with E-state index in [9.17, 15) is 9.59 Å². The molecule has 0 bridgehead atoms. The fraction of sp³-hybridized carbons (Fsp3) is 0.867. The lowest BCUT2D eigenvalue weighted by molar-refractivity contribution is -0.132. The molecule has 3 rings (SSSR count). The Morgan fingerprint density at radius 3 is 2.86 bits per heavy atom. The monoisotopic (exact) mass is 311 g/mol. The van der Waals surface area contributed by atoms with Crippen molar-refractivity contribution in [3.05, 3.63) is 0 Å². The summed E-state index contributed by atoms with van der Waals surface area (Å²) in [4.78, 5) is 25.8. The van der Waals surface area contributed by atoms with Gasteiger partial charge in [-0.2, -0.15) is 0 Å². The maximum atomic E-state index is 12.4. The van der Waals surface area contributed by atoms with Crippen LogP contribution >= 0.6 is 11.8 Å². The van der Waals surface area contributed by atoms with Crippen molar-refractivity contribution in [2.24, 2.45) is 5.92 Å². The van der Waals surface area contributed by atoms with Crippen molar-refractivity contribution in [2.75, 3.05) is 31.9 Å². The second-order valence-corrected chi connectivity index (χ2v) is 7.65. The van der Waals surface area contributed by atoms with Gasteiger partial charge >= 0.3 is 0 Å². The highest BCUT2D eigenvalue weighted by molar-refractivity contribution is 8.00. The molecule has 3 fully saturated rings. The zero-order chi connectivity index (χ0) is 14.7. The van der Waals surface area contributed by atoms with Gasteiger partial charge in [0, 0.05) is 30.8 Å². The van der Waals surface area contributed by atoms with Crippen molar-refractivity contribution in [3.63, 3.8) is 0 Å². The van der Waals surface area contributed by atoms with E-state index in [1.54, 1.807) is 0 Å². The van der Waals surface area contributed by atoms with E-state index in [2.05, 4.69) is 10.6 Å². The summed E-state index contributed by atoms with van der Waals surface area (Å²) in [5, 5.41) is 7.07. The van der Waals surface area contributed by atoms with Crippen molar-refractivity contribution in [1.29, 1.82) is 0 Å². The van der Waals surface area contributed by atoms with Gasteiger partial charge in [-0.05, 0) is 44.7 Å². The van der Waals surface area contributed by atoms with Crippen molar-refractivity contribution < 1.29 is 9.59 Å². The highest BCUT2D eigenvalue weighted by Crippen LogP contribution is 2.26. The Balaban J connectivity index is 1.44. The first-order valence-corrected chi connectivity index (χ1v) is 9.16. The molecule has 118 valence electrons. The number of thioether (sulfide) groups is 1. The van der Waals surface area contributed by atoms with Crippen LogP contribution in [-0.4, -0.2) is 59.9 Å². The van der Waals surface area contributed by atoms with E-state index in [0.29, 0.717) is 29.4 Å². The minimum atomic E-state index is 0.178. The molecule has 21 heavy (non-hydrogen) atoms. The largest absolute Gasteiger partial charge is 0.353 e. The van der Waals surface area contributed by atoms with Crippen molar-refractivity contribution in [2.45, 2.75) is 43.4 Å². The summed E-state index contributed by atoms with van der Waals surface area (Å²) in [5.74, 6) is 1.55. The molecule has 5 nitrogen and oxygen atoms in total. The molecule has 3 aliphatic rings. The van der Waals surface area contributed by atoms with Crippen LogP contribution < -0.4 is 10.6 Å². The number of nitrogens with one attached hydrogen (secondary N) is 2. The summed E-state index contributed by atoms with van der Waals surface area (Å²) >= 11 is 1.83. The summed E-state index contributed by atoms with van der Waals surface area (Å²) < 4.78 is 0. The van der Waals surface area contributed by atoms with Gasteiger partial charge in [0.1, 0.15) is 0 Å². The minimum Gasteiger partial charge on any atom is -0.353 e. The summed E-state index contributed by atoms with van der Waals surface area (Å²) in [7, 11) is 0. The highest BCUT2D eigenvalue weighted by atomic mass is 32.2. The third-order valence-corrected chi connectivity index (χ3v) is 6.26. The average Bonchev–Trinajstić information content (AvgIpc) is 2.53. The normalized spacial score (nSPS) is 30.7. The maximum absolute atomic E-state index is 12.4. The summed E-state index contributed by atoms with van der Waals surface area (Å²) in [5.41, 5.74) is 0. The molecule has 0 aromatic heterocycles. The summed E-state index contributed by atoms with van der Waals surface area (Å²) in [6.07, 6.45) is 4.82. The van der Waals surface area contributed by atoms with Gasteiger partial charge in [0.2, 0.25) is 11.8 Å². The molecular weight excluding hydrogens is 286 g/mol. The van der Waals surface area contributed by atoms with Gasteiger partial charge in [0.15, 0.2) is 0 Å². The Morgan fingerprint density at radius 2 is 2.05 bits per heavy atom. The maximum Gasteiger partial charge on any atom is 0.232 e.